The fourth-order valence-electron chi connectivity index (χ4n) is 2.34. The molecule has 1 aliphatic rings. The zero-order valence-electron chi connectivity index (χ0n) is 13.1. The summed E-state index contributed by atoms with van der Waals surface area (Å²) >= 11 is 7.17. The van der Waals surface area contributed by atoms with Crippen LogP contribution in [0.2, 0.25) is 5.02 Å². The van der Waals surface area contributed by atoms with Crippen LogP contribution in [0.1, 0.15) is 18.1 Å². The van der Waals surface area contributed by atoms with Crippen LogP contribution in [-0.4, -0.2) is 16.2 Å². The van der Waals surface area contributed by atoms with Crippen molar-refractivity contribution in [1.82, 2.24) is 5.32 Å². The number of carbonyl (C=O) groups is 1. The van der Waals surface area contributed by atoms with Crippen molar-refractivity contribution >= 4 is 45.7 Å². The Morgan fingerprint density at radius 2 is 1.92 bits per heavy atom. The minimum atomic E-state index is -0.195. The molecule has 0 radical (unpaired) electrons. The van der Waals surface area contributed by atoms with Crippen molar-refractivity contribution < 1.29 is 9.90 Å². The van der Waals surface area contributed by atoms with Crippen LogP contribution in [0.3, 0.4) is 0 Å². The van der Waals surface area contributed by atoms with E-state index in [0.29, 0.717) is 20.8 Å². The van der Waals surface area contributed by atoms with Crippen molar-refractivity contribution in [3.05, 3.63) is 63.5 Å². The number of aliphatic imine (C=N–C) groups is 1. The largest absolute Gasteiger partial charge is 0.506 e. The average molecular weight is 359 g/mol. The standard InChI is InChI=1S/C18H15ClN2O2S/c1-10-4-3-5-14(22)15(10)20-18-21-17(23)16(24-18)11(2)12-6-8-13(19)9-7-12/h3-9,22H,1-2H3,(H,20,21,23)/b16-11-. The van der Waals surface area contributed by atoms with Crippen LogP contribution in [0.5, 0.6) is 5.75 Å². The number of rotatable bonds is 2. The normalized spacial score (nSPS) is 18.0. The number of para-hydroxylation sites is 1. The summed E-state index contributed by atoms with van der Waals surface area (Å²) < 4.78 is 0. The summed E-state index contributed by atoms with van der Waals surface area (Å²) in [5.41, 5.74) is 3.08. The van der Waals surface area contributed by atoms with Crippen LogP contribution in [-0.2, 0) is 4.79 Å². The molecule has 24 heavy (non-hydrogen) atoms. The van der Waals surface area contributed by atoms with E-state index >= 15 is 0 Å². The van der Waals surface area contributed by atoms with E-state index in [-0.39, 0.29) is 11.7 Å². The molecule has 2 aromatic rings. The molecule has 0 unspecified atom stereocenters. The number of hydrogen-bond acceptors (Lipinski definition) is 4. The summed E-state index contributed by atoms with van der Waals surface area (Å²) in [5.74, 6) is -0.108. The second-order valence-electron chi connectivity index (χ2n) is 5.38. The highest BCUT2D eigenvalue weighted by Crippen LogP contribution is 2.36. The minimum absolute atomic E-state index is 0.0872. The third kappa shape index (κ3) is 3.32. The van der Waals surface area contributed by atoms with E-state index in [1.54, 1.807) is 24.3 Å². The minimum Gasteiger partial charge on any atom is -0.506 e. The van der Waals surface area contributed by atoms with E-state index in [4.69, 9.17) is 11.6 Å². The molecular formula is C18H15ClN2O2S. The van der Waals surface area contributed by atoms with Crippen LogP contribution in [0.25, 0.3) is 5.57 Å². The van der Waals surface area contributed by atoms with Crippen LogP contribution in [0, 0.1) is 6.92 Å². The average Bonchev–Trinajstić information content (AvgIpc) is 2.92. The van der Waals surface area contributed by atoms with Crippen LogP contribution < -0.4 is 5.32 Å². The van der Waals surface area contributed by atoms with E-state index in [9.17, 15) is 9.90 Å². The summed E-state index contributed by atoms with van der Waals surface area (Å²) in [5, 5.41) is 13.8. The molecular weight excluding hydrogens is 344 g/mol. The zero-order chi connectivity index (χ0) is 17.3. The van der Waals surface area contributed by atoms with E-state index in [0.717, 1.165) is 16.7 Å². The van der Waals surface area contributed by atoms with Crippen LogP contribution >= 0.6 is 23.4 Å². The molecule has 0 spiro atoms. The molecule has 6 heteroatoms. The third-order valence-electron chi connectivity index (χ3n) is 3.67. The molecule has 4 nitrogen and oxygen atoms in total. The molecule has 0 bridgehead atoms. The van der Waals surface area contributed by atoms with Gasteiger partial charge in [0.2, 0.25) is 0 Å². The number of aryl methyl sites for hydroxylation is 1. The fraction of sp³-hybridized carbons (Fsp3) is 0.111. The summed E-state index contributed by atoms with van der Waals surface area (Å²) in [4.78, 5) is 17.2. The summed E-state index contributed by atoms with van der Waals surface area (Å²) in [7, 11) is 0. The SMILES string of the molecule is C/C(=C1/SC(=Nc2c(C)cccc2O)NC1=O)c1ccc(Cl)cc1. The van der Waals surface area contributed by atoms with Gasteiger partial charge in [0.25, 0.3) is 5.91 Å². The van der Waals surface area contributed by atoms with Gasteiger partial charge in [-0.2, -0.15) is 0 Å². The lowest BCUT2D eigenvalue weighted by Gasteiger charge is -2.04. The lowest BCUT2D eigenvalue weighted by Crippen LogP contribution is -2.19. The van der Waals surface area contributed by atoms with Gasteiger partial charge in [0, 0.05) is 5.02 Å². The molecule has 3 rings (SSSR count). The van der Waals surface area contributed by atoms with Crippen LogP contribution in [0.4, 0.5) is 5.69 Å². The number of amides is 1. The van der Waals surface area contributed by atoms with Gasteiger partial charge >= 0.3 is 0 Å². The molecule has 1 aliphatic heterocycles. The predicted octanol–water partition coefficient (Wildman–Crippen LogP) is 4.64. The number of aromatic hydroxyl groups is 1. The highest BCUT2D eigenvalue weighted by atomic mass is 35.5. The van der Waals surface area contributed by atoms with Crippen molar-refractivity contribution in [2.75, 3.05) is 0 Å². The molecule has 122 valence electrons. The lowest BCUT2D eigenvalue weighted by atomic mass is 10.1. The van der Waals surface area contributed by atoms with Gasteiger partial charge in [-0.1, -0.05) is 35.9 Å². The van der Waals surface area contributed by atoms with Gasteiger partial charge < -0.3 is 10.4 Å². The number of amidine groups is 1. The Kier molecular flexibility index (Phi) is 4.64. The smallest absolute Gasteiger partial charge is 0.264 e. The molecule has 1 heterocycles. The van der Waals surface area contributed by atoms with Crippen molar-refractivity contribution in [2.24, 2.45) is 4.99 Å². The van der Waals surface area contributed by atoms with Crippen molar-refractivity contribution in [2.45, 2.75) is 13.8 Å². The van der Waals surface area contributed by atoms with Crippen molar-refractivity contribution in [3.63, 3.8) is 0 Å². The first-order valence-electron chi connectivity index (χ1n) is 7.29. The third-order valence-corrected chi connectivity index (χ3v) is 5.01. The van der Waals surface area contributed by atoms with Gasteiger partial charge in [-0.25, -0.2) is 4.99 Å². The maximum Gasteiger partial charge on any atom is 0.264 e. The molecule has 0 saturated carbocycles. The molecule has 0 aliphatic carbocycles. The molecule has 1 saturated heterocycles. The van der Waals surface area contributed by atoms with Crippen molar-refractivity contribution in [3.8, 4) is 5.75 Å². The van der Waals surface area contributed by atoms with Gasteiger partial charge in [0.15, 0.2) is 5.17 Å². The molecule has 2 aromatic carbocycles. The molecule has 2 N–H and O–H groups in total. The highest BCUT2D eigenvalue weighted by molar-refractivity contribution is 8.18. The Balaban J connectivity index is 1.95. The first kappa shape index (κ1) is 16.6. The quantitative estimate of drug-likeness (QED) is 0.769. The second-order valence-corrected chi connectivity index (χ2v) is 6.81. The number of hydrogen-bond donors (Lipinski definition) is 2. The molecule has 1 fully saturated rings. The maximum absolute atomic E-state index is 12.3. The highest BCUT2D eigenvalue weighted by Gasteiger charge is 2.26. The fourth-order valence-corrected chi connectivity index (χ4v) is 3.36. The van der Waals surface area contributed by atoms with Gasteiger partial charge in [0.1, 0.15) is 11.4 Å². The first-order chi connectivity index (χ1) is 11.5. The molecule has 1 amide bonds. The zero-order valence-corrected chi connectivity index (χ0v) is 14.7. The Bertz CT molecular complexity index is 853. The van der Waals surface area contributed by atoms with Crippen molar-refractivity contribution in [1.29, 1.82) is 0 Å². The van der Waals surface area contributed by atoms with Gasteiger partial charge in [-0.05, 0) is 60.5 Å². The number of carbonyl (C=O) groups excluding carboxylic acids is 1. The Morgan fingerprint density at radius 3 is 2.58 bits per heavy atom. The van der Waals surface area contributed by atoms with E-state index in [2.05, 4.69) is 10.3 Å². The summed E-state index contributed by atoms with van der Waals surface area (Å²) in [6.45, 7) is 3.75. The number of nitrogens with one attached hydrogen (secondary N) is 1. The van der Waals surface area contributed by atoms with Gasteiger partial charge in [0.05, 0.1) is 4.91 Å². The number of thioether (sulfide) groups is 1. The van der Waals surface area contributed by atoms with E-state index in [1.807, 2.05) is 32.0 Å². The number of benzene rings is 2. The van der Waals surface area contributed by atoms with Gasteiger partial charge in [-0.3, -0.25) is 4.79 Å². The summed E-state index contributed by atoms with van der Waals surface area (Å²) in [6, 6.07) is 12.5. The van der Waals surface area contributed by atoms with Crippen LogP contribution in [0.15, 0.2) is 52.4 Å². The topological polar surface area (TPSA) is 61.7 Å². The maximum atomic E-state index is 12.3. The number of halogens is 1. The number of nitrogens with zero attached hydrogens (tertiary/aromatic N) is 1. The summed E-state index contributed by atoms with van der Waals surface area (Å²) in [6.07, 6.45) is 0. The lowest BCUT2D eigenvalue weighted by molar-refractivity contribution is -0.115. The predicted molar refractivity (Wildman–Crippen MR) is 99.7 cm³/mol. The monoisotopic (exact) mass is 358 g/mol. The Morgan fingerprint density at radius 1 is 1.21 bits per heavy atom. The number of allylic oxidation sites excluding steroid dienone is 1. The molecule has 0 aromatic heterocycles. The molecule has 0 atom stereocenters. The second kappa shape index (κ2) is 6.71. The Hall–Kier alpha value is -2.24. The Labute approximate surface area is 149 Å². The van der Waals surface area contributed by atoms with E-state index < -0.39 is 0 Å². The van der Waals surface area contributed by atoms with Gasteiger partial charge in [-0.15, -0.1) is 0 Å². The first-order valence-corrected chi connectivity index (χ1v) is 8.48. The number of phenols is 1. The van der Waals surface area contributed by atoms with E-state index in [1.165, 1.54) is 11.8 Å². The number of phenolic OH excluding ortho intramolecular Hbond substituents is 1.